The number of hydrogen-bond donors (Lipinski definition) is 2. The predicted octanol–water partition coefficient (Wildman–Crippen LogP) is 2.94. The van der Waals surface area contributed by atoms with Crippen LogP contribution in [0.15, 0.2) is 59.5 Å². The van der Waals surface area contributed by atoms with Crippen LogP contribution in [0.1, 0.15) is 37.7 Å². The second-order valence-electron chi connectivity index (χ2n) is 7.66. The molecule has 7 nitrogen and oxygen atoms in total. The molecule has 1 aliphatic heterocycles. The van der Waals surface area contributed by atoms with Gasteiger partial charge in [-0.1, -0.05) is 49.2 Å². The molecule has 0 saturated carbocycles. The van der Waals surface area contributed by atoms with E-state index in [-0.39, 0.29) is 36.1 Å². The Morgan fingerprint density at radius 1 is 0.871 bits per heavy atom. The smallest absolute Gasteiger partial charge is 0.243 e. The predicted molar refractivity (Wildman–Crippen MR) is 120 cm³/mol. The Kier molecular flexibility index (Phi) is 8.20. The van der Waals surface area contributed by atoms with Crippen molar-refractivity contribution in [1.29, 1.82) is 0 Å². The van der Waals surface area contributed by atoms with Crippen molar-refractivity contribution in [2.45, 2.75) is 43.4 Å². The van der Waals surface area contributed by atoms with Gasteiger partial charge in [-0.2, -0.15) is 4.31 Å². The van der Waals surface area contributed by atoms with Gasteiger partial charge in [-0.15, -0.1) is 0 Å². The second kappa shape index (κ2) is 11.1. The lowest BCUT2D eigenvalue weighted by Gasteiger charge is -2.20. The number of benzene rings is 2. The van der Waals surface area contributed by atoms with Crippen molar-refractivity contribution in [3.63, 3.8) is 0 Å². The Balaban J connectivity index is 1.50. The van der Waals surface area contributed by atoms with E-state index in [0.29, 0.717) is 18.8 Å². The van der Waals surface area contributed by atoms with Crippen LogP contribution in [-0.4, -0.2) is 44.2 Å². The number of amides is 2. The molecule has 166 valence electrons. The Morgan fingerprint density at radius 2 is 1.58 bits per heavy atom. The average molecular weight is 444 g/mol. The van der Waals surface area contributed by atoms with Gasteiger partial charge < -0.3 is 10.6 Å². The van der Waals surface area contributed by atoms with E-state index in [4.69, 9.17) is 0 Å². The summed E-state index contributed by atoms with van der Waals surface area (Å²) in [5, 5.41) is 5.45. The molecule has 2 amide bonds. The van der Waals surface area contributed by atoms with E-state index >= 15 is 0 Å². The highest BCUT2D eigenvalue weighted by molar-refractivity contribution is 7.89. The van der Waals surface area contributed by atoms with Crippen molar-refractivity contribution in [3.8, 4) is 0 Å². The molecule has 2 N–H and O–H groups in total. The zero-order chi connectivity index (χ0) is 22.1. The molecule has 0 atom stereocenters. The van der Waals surface area contributed by atoms with Crippen molar-refractivity contribution in [3.05, 3.63) is 60.2 Å². The molecule has 1 heterocycles. The van der Waals surface area contributed by atoms with Crippen LogP contribution in [0.5, 0.6) is 0 Å². The van der Waals surface area contributed by atoms with Gasteiger partial charge in [-0.05, 0) is 36.6 Å². The van der Waals surface area contributed by atoms with Gasteiger partial charge in [-0.3, -0.25) is 9.59 Å². The van der Waals surface area contributed by atoms with E-state index in [1.807, 2.05) is 30.3 Å². The molecule has 1 fully saturated rings. The zero-order valence-electron chi connectivity index (χ0n) is 17.5. The summed E-state index contributed by atoms with van der Waals surface area (Å²) in [6.45, 7) is 1.27. The third-order valence-corrected chi connectivity index (χ3v) is 7.10. The summed E-state index contributed by atoms with van der Waals surface area (Å²) in [4.78, 5) is 24.4. The highest BCUT2D eigenvalue weighted by Gasteiger charge is 2.25. The van der Waals surface area contributed by atoms with E-state index in [9.17, 15) is 18.0 Å². The summed E-state index contributed by atoms with van der Waals surface area (Å²) >= 11 is 0. The van der Waals surface area contributed by atoms with Gasteiger partial charge in [0.1, 0.15) is 0 Å². The minimum absolute atomic E-state index is 0.101. The molecule has 1 aliphatic rings. The van der Waals surface area contributed by atoms with Crippen LogP contribution in [0.4, 0.5) is 5.69 Å². The van der Waals surface area contributed by atoms with E-state index < -0.39 is 10.0 Å². The fourth-order valence-electron chi connectivity index (χ4n) is 3.55. The van der Waals surface area contributed by atoms with Crippen molar-refractivity contribution in [1.82, 2.24) is 9.62 Å². The highest BCUT2D eigenvalue weighted by atomic mass is 32.2. The molecule has 3 rings (SSSR count). The quantitative estimate of drug-likeness (QED) is 0.656. The number of anilines is 1. The van der Waals surface area contributed by atoms with Gasteiger partial charge in [0.05, 0.1) is 11.3 Å². The van der Waals surface area contributed by atoms with Crippen LogP contribution >= 0.6 is 0 Å². The largest absolute Gasteiger partial charge is 0.355 e. The standard InChI is InChI=1S/C23H29N3O4S/c27-22(13-14-24-23(28)17-19-9-4-3-5-10-19)25-20-11-8-12-21(18-20)31(29,30)26-15-6-1-2-7-16-26/h3-5,8-12,18H,1-2,6-7,13-17H2,(H,24,28)(H,25,27). The number of rotatable bonds is 8. The first kappa shape index (κ1) is 23.0. The van der Waals surface area contributed by atoms with Crippen molar-refractivity contribution in [2.24, 2.45) is 0 Å². The van der Waals surface area contributed by atoms with Crippen LogP contribution in [-0.2, 0) is 26.0 Å². The second-order valence-corrected chi connectivity index (χ2v) is 9.59. The summed E-state index contributed by atoms with van der Waals surface area (Å²) in [6, 6.07) is 15.7. The van der Waals surface area contributed by atoms with Crippen LogP contribution in [0.3, 0.4) is 0 Å². The van der Waals surface area contributed by atoms with Crippen LogP contribution in [0, 0.1) is 0 Å². The van der Waals surface area contributed by atoms with Gasteiger partial charge in [0.15, 0.2) is 0 Å². The Labute approximate surface area is 183 Å². The molecule has 0 aromatic heterocycles. The van der Waals surface area contributed by atoms with Gasteiger partial charge >= 0.3 is 0 Å². The summed E-state index contributed by atoms with van der Waals surface area (Å²) in [5.74, 6) is -0.436. The number of nitrogens with one attached hydrogen (secondary N) is 2. The summed E-state index contributed by atoms with van der Waals surface area (Å²) in [5.41, 5.74) is 1.34. The molecule has 0 aliphatic carbocycles. The monoisotopic (exact) mass is 443 g/mol. The third kappa shape index (κ3) is 6.90. The minimum Gasteiger partial charge on any atom is -0.355 e. The summed E-state index contributed by atoms with van der Waals surface area (Å²) in [7, 11) is -3.58. The Morgan fingerprint density at radius 3 is 2.29 bits per heavy atom. The van der Waals surface area contributed by atoms with E-state index in [2.05, 4.69) is 10.6 Å². The van der Waals surface area contributed by atoms with Crippen LogP contribution < -0.4 is 10.6 Å². The third-order valence-electron chi connectivity index (χ3n) is 5.20. The van der Waals surface area contributed by atoms with Crippen molar-refractivity contribution >= 4 is 27.5 Å². The molecule has 1 saturated heterocycles. The number of carbonyl (C=O) groups excluding carboxylic acids is 2. The van der Waals surface area contributed by atoms with E-state index in [1.54, 1.807) is 18.2 Å². The lowest BCUT2D eigenvalue weighted by molar-refractivity contribution is -0.120. The van der Waals surface area contributed by atoms with Gasteiger partial charge in [0.2, 0.25) is 21.8 Å². The topological polar surface area (TPSA) is 95.6 Å². The lowest BCUT2D eigenvalue weighted by Crippen LogP contribution is -2.32. The molecule has 0 bridgehead atoms. The molecular formula is C23H29N3O4S. The SMILES string of the molecule is O=C(Cc1ccccc1)NCCC(=O)Nc1cccc(S(=O)(=O)N2CCCCCC2)c1. The fourth-order valence-corrected chi connectivity index (χ4v) is 5.11. The molecular weight excluding hydrogens is 414 g/mol. The van der Waals surface area contributed by atoms with Crippen molar-refractivity contribution < 1.29 is 18.0 Å². The molecule has 31 heavy (non-hydrogen) atoms. The Bertz CT molecular complexity index is 985. The number of carbonyl (C=O) groups is 2. The number of sulfonamides is 1. The molecule has 0 spiro atoms. The molecule has 0 unspecified atom stereocenters. The molecule has 8 heteroatoms. The fraction of sp³-hybridized carbons (Fsp3) is 0.391. The maximum atomic E-state index is 12.9. The summed E-state index contributed by atoms with van der Waals surface area (Å²) < 4.78 is 27.4. The number of hydrogen-bond acceptors (Lipinski definition) is 4. The van der Waals surface area contributed by atoms with Crippen LogP contribution in [0.25, 0.3) is 0 Å². The Hall–Kier alpha value is -2.71. The average Bonchev–Trinajstić information content (AvgIpc) is 3.05. The van der Waals surface area contributed by atoms with Crippen LogP contribution in [0.2, 0.25) is 0 Å². The molecule has 2 aromatic carbocycles. The normalized spacial score (nSPS) is 15.1. The molecule has 2 aromatic rings. The van der Waals surface area contributed by atoms with E-state index in [1.165, 1.54) is 10.4 Å². The van der Waals surface area contributed by atoms with Crippen molar-refractivity contribution in [2.75, 3.05) is 25.0 Å². The minimum atomic E-state index is -3.58. The highest BCUT2D eigenvalue weighted by Crippen LogP contribution is 2.22. The lowest BCUT2D eigenvalue weighted by atomic mass is 10.1. The van der Waals surface area contributed by atoms with Gasteiger partial charge in [-0.25, -0.2) is 8.42 Å². The van der Waals surface area contributed by atoms with Gasteiger partial charge in [0, 0.05) is 31.7 Å². The molecule has 0 radical (unpaired) electrons. The summed E-state index contributed by atoms with van der Waals surface area (Å²) in [6.07, 6.45) is 4.19. The maximum Gasteiger partial charge on any atom is 0.243 e. The zero-order valence-corrected chi connectivity index (χ0v) is 18.4. The number of nitrogens with zero attached hydrogens (tertiary/aromatic N) is 1. The first-order valence-corrected chi connectivity index (χ1v) is 12.1. The first-order chi connectivity index (χ1) is 14.9. The van der Waals surface area contributed by atoms with E-state index in [0.717, 1.165) is 31.2 Å². The maximum absolute atomic E-state index is 12.9. The first-order valence-electron chi connectivity index (χ1n) is 10.7. The van der Waals surface area contributed by atoms with Gasteiger partial charge in [0.25, 0.3) is 0 Å².